The zero-order chi connectivity index (χ0) is 12.4. The molecule has 0 aromatic heterocycles. The van der Waals surface area contributed by atoms with Crippen molar-refractivity contribution in [1.29, 1.82) is 0 Å². The van der Waals surface area contributed by atoms with Gasteiger partial charge in [0.15, 0.2) is 0 Å². The Labute approximate surface area is 109 Å². The molecule has 17 heavy (non-hydrogen) atoms. The van der Waals surface area contributed by atoms with Crippen LogP contribution in [-0.4, -0.2) is 0 Å². The smallest absolute Gasteiger partial charge is 0.0357 e. The summed E-state index contributed by atoms with van der Waals surface area (Å²) in [6.45, 7) is 9.80. The molecule has 0 saturated heterocycles. The maximum atomic E-state index is 2.53. The van der Waals surface area contributed by atoms with Gasteiger partial charge in [0.05, 0.1) is 0 Å². The lowest BCUT2D eigenvalue weighted by molar-refractivity contribution is 0.125. The van der Waals surface area contributed by atoms with Gasteiger partial charge in [0.2, 0.25) is 0 Å². The monoisotopic (exact) mass is 236 g/mol. The van der Waals surface area contributed by atoms with Crippen molar-refractivity contribution >= 4 is 0 Å². The minimum Gasteiger partial charge on any atom is -0.0654 e. The Hall–Kier alpha value is 0. The molecule has 2 rings (SSSR count). The summed E-state index contributed by atoms with van der Waals surface area (Å²) in [6, 6.07) is 0. The van der Waals surface area contributed by atoms with E-state index in [4.69, 9.17) is 0 Å². The highest BCUT2D eigenvalue weighted by Crippen LogP contribution is 2.50. The first-order valence-electron chi connectivity index (χ1n) is 8.10. The molecule has 0 radical (unpaired) electrons. The van der Waals surface area contributed by atoms with Gasteiger partial charge in [-0.2, -0.15) is 0 Å². The lowest BCUT2D eigenvalue weighted by Crippen LogP contribution is -2.28. The quantitative estimate of drug-likeness (QED) is 0.603. The molecule has 2 aliphatic rings. The minimum atomic E-state index is 0.965. The Morgan fingerprint density at radius 2 is 1.82 bits per heavy atom. The Balaban J connectivity index is 1.86. The van der Waals surface area contributed by atoms with Crippen molar-refractivity contribution in [3.63, 3.8) is 0 Å². The summed E-state index contributed by atoms with van der Waals surface area (Å²) in [6.07, 6.45) is 10.5. The van der Waals surface area contributed by atoms with Gasteiger partial charge >= 0.3 is 0 Å². The normalized spacial score (nSPS) is 43.4. The lowest BCUT2D eigenvalue weighted by Gasteiger charge is -2.38. The summed E-state index contributed by atoms with van der Waals surface area (Å²) in [4.78, 5) is 0. The van der Waals surface area contributed by atoms with Gasteiger partial charge in [0, 0.05) is 0 Å². The van der Waals surface area contributed by atoms with E-state index >= 15 is 0 Å². The van der Waals surface area contributed by atoms with Gasteiger partial charge < -0.3 is 0 Å². The highest BCUT2D eigenvalue weighted by molar-refractivity contribution is 4.91. The Morgan fingerprint density at radius 1 is 1.06 bits per heavy atom. The Kier molecular flexibility index (Phi) is 4.55. The van der Waals surface area contributed by atoms with E-state index in [-0.39, 0.29) is 0 Å². The molecule has 0 spiro atoms. The fourth-order valence-electron chi connectivity index (χ4n) is 5.01. The fraction of sp³-hybridized carbons (Fsp3) is 1.00. The summed E-state index contributed by atoms with van der Waals surface area (Å²) >= 11 is 0. The molecule has 0 heteroatoms. The van der Waals surface area contributed by atoms with Gasteiger partial charge in [0.1, 0.15) is 0 Å². The van der Waals surface area contributed by atoms with Gasteiger partial charge in [-0.05, 0) is 67.6 Å². The largest absolute Gasteiger partial charge is 0.0654 e. The molecule has 0 N–H and O–H groups in total. The third kappa shape index (κ3) is 3.26. The average molecular weight is 236 g/mol. The second-order valence-electron chi connectivity index (χ2n) is 7.44. The van der Waals surface area contributed by atoms with E-state index in [0.717, 1.165) is 35.5 Å². The fourth-order valence-corrected chi connectivity index (χ4v) is 5.01. The van der Waals surface area contributed by atoms with Crippen LogP contribution in [0.15, 0.2) is 0 Å². The van der Waals surface area contributed by atoms with E-state index in [1.165, 1.54) is 38.5 Å². The molecule has 0 aliphatic heterocycles. The van der Waals surface area contributed by atoms with Crippen molar-refractivity contribution in [3.05, 3.63) is 0 Å². The molecule has 2 saturated carbocycles. The maximum Gasteiger partial charge on any atom is -0.0357 e. The highest BCUT2D eigenvalue weighted by Gasteiger charge is 2.40. The zero-order valence-corrected chi connectivity index (χ0v) is 12.4. The molecular formula is C17H32. The van der Waals surface area contributed by atoms with E-state index in [1.807, 2.05) is 0 Å². The number of hydrogen-bond acceptors (Lipinski definition) is 0. The van der Waals surface area contributed by atoms with E-state index in [9.17, 15) is 0 Å². The predicted octanol–water partition coefficient (Wildman–Crippen LogP) is 5.52. The second-order valence-corrected chi connectivity index (χ2v) is 7.44. The topological polar surface area (TPSA) is 0 Å². The first kappa shape index (κ1) is 13.4. The van der Waals surface area contributed by atoms with E-state index in [0.29, 0.717) is 0 Å². The molecule has 0 nitrogen and oxygen atoms in total. The van der Waals surface area contributed by atoms with E-state index in [2.05, 4.69) is 27.7 Å². The number of hydrogen-bond donors (Lipinski definition) is 0. The van der Waals surface area contributed by atoms with E-state index < -0.39 is 0 Å². The maximum absolute atomic E-state index is 2.53. The molecule has 0 aromatic carbocycles. The average Bonchev–Trinajstić information content (AvgIpc) is 2.59. The minimum absolute atomic E-state index is 0.965. The van der Waals surface area contributed by atoms with Crippen molar-refractivity contribution in [1.82, 2.24) is 0 Å². The molecule has 0 aromatic rings. The van der Waals surface area contributed by atoms with Crippen LogP contribution in [0.4, 0.5) is 0 Å². The van der Waals surface area contributed by atoms with Crippen molar-refractivity contribution in [2.24, 2.45) is 35.5 Å². The summed E-state index contributed by atoms with van der Waals surface area (Å²) in [5, 5.41) is 0. The molecule has 2 aliphatic carbocycles. The van der Waals surface area contributed by atoms with Crippen LogP contribution < -0.4 is 0 Å². The SMILES string of the molecule is CCCC(C)CC1CC(C)C2CC(C)CC2C1. The Morgan fingerprint density at radius 3 is 2.53 bits per heavy atom. The zero-order valence-electron chi connectivity index (χ0n) is 12.4. The van der Waals surface area contributed by atoms with Crippen LogP contribution in [-0.2, 0) is 0 Å². The standard InChI is InChI=1S/C17H32/c1-5-6-12(2)7-15-10-14(4)17-9-13(3)8-16(17)11-15/h12-17H,5-11H2,1-4H3. The first-order valence-corrected chi connectivity index (χ1v) is 8.10. The van der Waals surface area contributed by atoms with Crippen molar-refractivity contribution < 1.29 is 0 Å². The molecule has 0 heterocycles. The van der Waals surface area contributed by atoms with Crippen LogP contribution >= 0.6 is 0 Å². The summed E-state index contributed by atoms with van der Waals surface area (Å²) in [5.41, 5.74) is 0. The van der Waals surface area contributed by atoms with Gasteiger partial charge in [-0.25, -0.2) is 0 Å². The Bertz CT molecular complexity index is 230. The third-order valence-electron chi connectivity index (χ3n) is 5.57. The third-order valence-corrected chi connectivity index (χ3v) is 5.57. The van der Waals surface area contributed by atoms with Crippen LogP contribution in [0.2, 0.25) is 0 Å². The van der Waals surface area contributed by atoms with Crippen LogP contribution in [0.1, 0.15) is 72.6 Å². The van der Waals surface area contributed by atoms with Crippen LogP contribution in [0.5, 0.6) is 0 Å². The molecule has 0 amide bonds. The van der Waals surface area contributed by atoms with Gasteiger partial charge in [-0.15, -0.1) is 0 Å². The van der Waals surface area contributed by atoms with E-state index in [1.54, 1.807) is 6.42 Å². The highest BCUT2D eigenvalue weighted by atomic mass is 14.5. The number of rotatable bonds is 4. The van der Waals surface area contributed by atoms with Crippen LogP contribution in [0.25, 0.3) is 0 Å². The van der Waals surface area contributed by atoms with Crippen LogP contribution in [0, 0.1) is 35.5 Å². The lowest BCUT2D eigenvalue weighted by atomic mass is 9.68. The van der Waals surface area contributed by atoms with Crippen molar-refractivity contribution in [2.45, 2.75) is 72.6 Å². The molecule has 6 atom stereocenters. The summed E-state index contributed by atoms with van der Waals surface area (Å²) in [5.74, 6) is 6.22. The predicted molar refractivity (Wildman–Crippen MR) is 76.0 cm³/mol. The molecule has 6 unspecified atom stereocenters. The van der Waals surface area contributed by atoms with Crippen molar-refractivity contribution in [3.8, 4) is 0 Å². The molecule has 0 bridgehead atoms. The van der Waals surface area contributed by atoms with Gasteiger partial charge in [-0.1, -0.05) is 40.5 Å². The summed E-state index contributed by atoms with van der Waals surface area (Å²) in [7, 11) is 0. The molecule has 100 valence electrons. The number of fused-ring (bicyclic) bond motifs is 1. The van der Waals surface area contributed by atoms with Crippen molar-refractivity contribution in [2.75, 3.05) is 0 Å². The van der Waals surface area contributed by atoms with Gasteiger partial charge in [0.25, 0.3) is 0 Å². The van der Waals surface area contributed by atoms with Gasteiger partial charge in [-0.3, -0.25) is 0 Å². The first-order chi connectivity index (χ1) is 8.10. The summed E-state index contributed by atoms with van der Waals surface area (Å²) < 4.78 is 0. The molecular weight excluding hydrogens is 204 g/mol. The second kappa shape index (κ2) is 5.76. The molecule has 2 fully saturated rings. The van der Waals surface area contributed by atoms with Crippen LogP contribution in [0.3, 0.4) is 0 Å².